The molecule has 1 aliphatic heterocycles. The Kier molecular flexibility index (Phi) is 5.99. The molecule has 28 heavy (non-hydrogen) atoms. The number of hydrogen-bond acceptors (Lipinski definition) is 4. The largest absolute Gasteiger partial charge is 0.394 e. The topological polar surface area (TPSA) is 123 Å². The lowest BCUT2D eigenvalue weighted by Gasteiger charge is -2.21. The van der Waals surface area contributed by atoms with Crippen molar-refractivity contribution in [3.05, 3.63) is 36.0 Å². The van der Waals surface area contributed by atoms with Gasteiger partial charge in [0.15, 0.2) is 0 Å². The summed E-state index contributed by atoms with van der Waals surface area (Å²) in [5.74, 6) is -1.30. The van der Waals surface area contributed by atoms with Gasteiger partial charge in [-0.15, -0.1) is 0 Å². The molecule has 3 rings (SSSR count). The molecule has 150 valence electrons. The highest BCUT2D eigenvalue weighted by atomic mass is 16.3. The maximum absolute atomic E-state index is 12.8. The lowest BCUT2D eigenvalue weighted by Crippen LogP contribution is -2.52. The number of aliphatic hydroxyl groups excluding tert-OH is 1. The molecule has 3 amide bonds. The second-order valence-corrected chi connectivity index (χ2v) is 7.56. The molecule has 1 saturated heterocycles. The molecule has 1 aliphatic rings. The number of carbonyl (C=O) groups excluding carboxylic acids is 3. The zero-order valence-corrected chi connectivity index (χ0v) is 16.0. The van der Waals surface area contributed by atoms with Crippen LogP contribution in [0.3, 0.4) is 0 Å². The van der Waals surface area contributed by atoms with Crippen LogP contribution in [0.2, 0.25) is 0 Å². The highest BCUT2D eigenvalue weighted by Crippen LogP contribution is 2.19. The van der Waals surface area contributed by atoms with Crippen LogP contribution in [0.5, 0.6) is 0 Å². The second kappa shape index (κ2) is 8.43. The molecule has 1 aromatic carbocycles. The lowest BCUT2D eigenvalue weighted by molar-refractivity contribution is -0.130. The van der Waals surface area contributed by atoms with Crippen molar-refractivity contribution in [2.45, 2.75) is 44.8 Å². The molecule has 5 N–H and O–H groups in total. The predicted molar refractivity (Wildman–Crippen MR) is 104 cm³/mol. The molecule has 0 radical (unpaired) electrons. The first kappa shape index (κ1) is 19.9. The van der Waals surface area contributed by atoms with Gasteiger partial charge in [-0.2, -0.15) is 0 Å². The van der Waals surface area contributed by atoms with E-state index in [4.69, 9.17) is 0 Å². The SMILES string of the molecule is CC(C)C[C@@H]1NC(=O)[C@H](CO)NC(=O)[C@H](Cc2c[nH]c3ccccc23)NC1=O. The summed E-state index contributed by atoms with van der Waals surface area (Å²) in [6.45, 7) is 3.35. The fraction of sp³-hybridized carbons (Fsp3) is 0.450. The van der Waals surface area contributed by atoms with Crippen molar-refractivity contribution in [1.82, 2.24) is 20.9 Å². The van der Waals surface area contributed by atoms with Crippen molar-refractivity contribution >= 4 is 28.6 Å². The minimum absolute atomic E-state index is 0.167. The van der Waals surface area contributed by atoms with Crippen LogP contribution in [0, 0.1) is 5.92 Å². The number of carbonyl (C=O) groups is 3. The summed E-state index contributed by atoms with van der Waals surface area (Å²) in [5.41, 5.74) is 1.82. The van der Waals surface area contributed by atoms with Crippen LogP contribution in [-0.2, 0) is 20.8 Å². The van der Waals surface area contributed by atoms with E-state index < -0.39 is 42.5 Å². The highest BCUT2D eigenvalue weighted by Gasteiger charge is 2.34. The number of hydrogen-bond donors (Lipinski definition) is 5. The zero-order valence-electron chi connectivity index (χ0n) is 16.0. The summed E-state index contributed by atoms with van der Waals surface area (Å²) < 4.78 is 0. The molecule has 2 heterocycles. The van der Waals surface area contributed by atoms with Crippen LogP contribution in [0.1, 0.15) is 25.8 Å². The molecule has 1 fully saturated rings. The van der Waals surface area contributed by atoms with Gasteiger partial charge in [0.05, 0.1) is 6.61 Å². The molecule has 0 unspecified atom stereocenters. The number of rotatable bonds is 5. The third-order valence-corrected chi connectivity index (χ3v) is 4.89. The number of aromatic amines is 1. The maximum atomic E-state index is 12.8. The highest BCUT2D eigenvalue weighted by molar-refractivity contribution is 5.97. The summed E-state index contributed by atoms with van der Waals surface area (Å²) in [4.78, 5) is 41.0. The van der Waals surface area contributed by atoms with E-state index in [0.29, 0.717) is 6.42 Å². The van der Waals surface area contributed by atoms with Gasteiger partial charge in [-0.1, -0.05) is 32.0 Å². The lowest BCUT2D eigenvalue weighted by atomic mass is 10.0. The van der Waals surface area contributed by atoms with Crippen molar-refractivity contribution in [2.24, 2.45) is 5.92 Å². The van der Waals surface area contributed by atoms with E-state index in [9.17, 15) is 19.5 Å². The quantitative estimate of drug-likeness (QED) is 0.504. The van der Waals surface area contributed by atoms with Gasteiger partial charge in [-0.05, 0) is 24.0 Å². The normalized spacial score (nSPS) is 23.6. The Bertz CT molecular complexity index is 876. The number of amides is 3. The average molecular weight is 386 g/mol. The molecule has 8 nitrogen and oxygen atoms in total. The fourth-order valence-corrected chi connectivity index (χ4v) is 3.44. The van der Waals surface area contributed by atoms with Gasteiger partial charge in [-0.25, -0.2) is 0 Å². The zero-order chi connectivity index (χ0) is 20.3. The minimum atomic E-state index is -1.10. The standard InChI is InChI=1S/C20H26N4O4/c1-11(2)7-15-18(26)23-16(19(27)24-17(10-25)20(28)22-15)8-12-9-21-14-6-4-3-5-13(12)14/h3-6,9,11,15-17,21,25H,7-8,10H2,1-2H3,(H,22,28)(H,23,26)(H,24,27)/t15-,16-,17-/m0/s1. The van der Waals surface area contributed by atoms with Gasteiger partial charge < -0.3 is 26.0 Å². The summed E-state index contributed by atoms with van der Waals surface area (Å²) in [6.07, 6.45) is 2.52. The van der Waals surface area contributed by atoms with Crippen LogP contribution in [0.15, 0.2) is 30.5 Å². The van der Waals surface area contributed by atoms with Crippen molar-refractivity contribution in [3.63, 3.8) is 0 Å². The third kappa shape index (κ3) is 4.33. The maximum Gasteiger partial charge on any atom is 0.245 e. The Hall–Kier alpha value is -2.87. The summed E-state index contributed by atoms with van der Waals surface area (Å²) in [5, 5.41) is 18.4. The number of para-hydroxylation sites is 1. The van der Waals surface area contributed by atoms with E-state index in [1.807, 2.05) is 44.3 Å². The first-order valence-electron chi connectivity index (χ1n) is 9.46. The van der Waals surface area contributed by atoms with E-state index in [1.54, 1.807) is 0 Å². The van der Waals surface area contributed by atoms with Gasteiger partial charge in [0.25, 0.3) is 0 Å². The first-order chi connectivity index (χ1) is 13.4. The fourth-order valence-electron chi connectivity index (χ4n) is 3.44. The van der Waals surface area contributed by atoms with Gasteiger partial charge in [-0.3, -0.25) is 14.4 Å². The molecular formula is C20H26N4O4. The van der Waals surface area contributed by atoms with Crippen molar-refractivity contribution in [2.75, 3.05) is 6.61 Å². The number of benzene rings is 1. The molecule has 0 saturated carbocycles. The summed E-state index contributed by atoms with van der Waals surface area (Å²) in [6, 6.07) is 4.98. The summed E-state index contributed by atoms with van der Waals surface area (Å²) in [7, 11) is 0. The monoisotopic (exact) mass is 386 g/mol. The van der Waals surface area contributed by atoms with Crippen molar-refractivity contribution < 1.29 is 19.5 Å². The van der Waals surface area contributed by atoms with E-state index >= 15 is 0 Å². The average Bonchev–Trinajstić information content (AvgIpc) is 3.07. The number of H-pyrrole nitrogens is 1. The number of aromatic nitrogens is 1. The van der Waals surface area contributed by atoms with E-state index in [2.05, 4.69) is 20.9 Å². The van der Waals surface area contributed by atoms with Crippen LogP contribution >= 0.6 is 0 Å². The summed E-state index contributed by atoms with van der Waals surface area (Å²) >= 11 is 0. The minimum Gasteiger partial charge on any atom is -0.394 e. The van der Waals surface area contributed by atoms with Gasteiger partial charge in [0.2, 0.25) is 17.7 Å². The van der Waals surface area contributed by atoms with Gasteiger partial charge in [0.1, 0.15) is 18.1 Å². The van der Waals surface area contributed by atoms with Crippen LogP contribution in [0.4, 0.5) is 0 Å². The smallest absolute Gasteiger partial charge is 0.245 e. The molecule has 3 atom stereocenters. The van der Waals surface area contributed by atoms with Crippen molar-refractivity contribution in [1.29, 1.82) is 0 Å². The molecule has 0 spiro atoms. The van der Waals surface area contributed by atoms with Crippen LogP contribution in [-0.4, -0.2) is 52.5 Å². The number of fused-ring (bicyclic) bond motifs is 1. The molecule has 1 aromatic heterocycles. The Balaban J connectivity index is 1.89. The van der Waals surface area contributed by atoms with E-state index in [-0.39, 0.29) is 12.3 Å². The number of nitrogens with one attached hydrogen (secondary N) is 4. The third-order valence-electron chi connectivity index (χ3n) is 4.89. The first-order valence-corrected chi connectivity index (χ1v) is 9.46. The second-order valence-electron chi connectivity index (χ2n) is 7.56. The van der Waals surface area contributed by atoms with Crippen molar-refractivity contribution in [3.8, 4) is 0 Å². The molecular weight excluding hydrogens is 360 g/mol. The number of aliphatic hydroxyl groups is 1. The Labute approximate surface area is 163 Å². The van der Waals surface area contributed by atoms with Gasteiger partial charge >= 0.3 is 0 Å². The Morgan fingerprint density at radius 3 is 2.25 bits per heavy atom. The van der Waals surface area contributed by atoms with Crippen LogP contribution < -0.4 is 16.0 Å². The molecule has 0 aliphatic carbocycles. The Morgan fingerprint density at radius 2 is 1.54 bits per heavy atom. The molecule has 8 heteroatoms. The van der Waals surface area contributed by atoms with Gasteiger partial charge in [0, 0.05) is 23.5 Å². The van der Waals surface area contributed by atoms with E-state index in [0.717, 1.165) is 16.5 Å². The molecule has 2 aromatic rings. The molecule has 0 bridgehead atoms. The van der Waals surface area contributed by atoms with E-state index in [1.165, 1.54) is 0 Å². The predicted octanol–water partition coefficient (Wildman–Crippen LogP) is 0.217. The Morgan fingerprint density at radius 1 is 0.929 bits per heavy atom. The van der Waals surface area contributed by atoms with Crippen LogP contribution in [0.25, 0.3) is 10.9 Å².